The summed E-state index contributed by atoms with van der Waals surface area (Å²) in [7, 11) is 0. The number of benzene rings is 1. The van der Waals surface area contributed by atoms with Crippen LogP contribution in [-0.4, -0.2) is 19.0 Å². The summed E-state index contributed by atoms with van der Waals surface area (Å²) in [5.41, 5.74) is -0.414. The summed E-state index contributed by atoms with van der Waals surface area (Å²) in [5, 5.41) is 5.00. The molecule has 0 aliphatic rings. The Labute approximate surface area is 98.5 Å². The first-order valence-corrected chi connectivity index (χ1v) is 5.20. The lowest BCUT2D eigenvalue weighted by molar-refractivity contribution is -0.115. The predicted molar refractivity (Wildman–Crippen MR) is 62.7 cm³/mol. The zero-order valence-electron chi connectivity index (χ0n) is 9.30. The lowest BCUT2D eigenvalue weighted by Gasteiger charge is -2.07. The predicted octanol–water partition coefficient (Wildman–Crippen LogP) is 2.07. The van der Waals surface area contributed by atoms with Crippen molar-refractivity contribution in [2.75, 3.05) is 18.4 Å². The molecule has 0 bridgehead atoms. The highest BCUT2D eigenvalue weighted by atomic mass is 19.1. The summed E-state index contributed by atoms with van der Waals surface area (Å²) in [6, 6.07) is 3.41. The Hall–Kier alpha value is -1.75. The third-order valence-electron chi connectivity index (χ3n) is 2.04. The van der Waals surface area contributed by atoms with Gasteiger partial charge in [-0.3, -0.25) is 4.79 Å². The molecule has 0 fully saturated rings. The highest BCUT2D eigenvalue weighted by molar-refractivity contribution is 5.92. The van der Waals surface area contributed by atoms with E-state index in [1.807, 2.05) is 0 Å². The van der Waals surface area contributed by atoms with Crippen molar-refractivity contribution in [1.82, 2.24) is 5.32 Å². The first kappa shape index (κ1) is 13.3. The van der Waals surface area contributed by atoms with Crippen LogP contribution in [0.3, 0.4) is 0 Å². The van der Waals surface area contributed by atoms with Crippen molar-refractivity contribution in [2.24, 2.45) is 0 Å². The second kappa shape index (κ2) is 6.75. The van der Waals surface area contributed by atoms with E-state index in [1.165, 1.54) is 6.07 Å². The molecule has 0 aromatic heterocycles. The van der Waals surface area contributed by atoms with Crippen LogP contribution in [0.4, 0.5) is 14.5 Å². The second-order valence-corrected chi connectivity index (χ2v) is 3.40. The van der Waals surface area contributed by atoms with Crippen LogP contribution in [0.15, 0.2) is 30.9 Å². The molecule has 0 aliphatic carbocycles. The third-order valence-corrected chi connectivity index (χ3v) is 2.04. The molecule has 1 rings (SSSR count). The molecule has 0 heterocycles. The van der Waals surface area contributed by atoms with E-state index in [4.69, 9.17) is 0 Å². The number of para-hydroxylation sites is 1. The fourth-order valence-electron chi connectivity index (χ4n) is 1.21. The van der Waals surface area contributed by atoms with Crippen LogP contribution in [0.5, 0.6) is 0 Å². The van der Waals surface area contributed by atoms with Gasteiger partial charge in [0.1, 0.15) is 17.3 Å². The van der Waals surface area contributed by atoms with E-state index in [9.17, 15) is 13.6 Å². The first-order valence-electron chi connectivity index (χ1n) is 5.20. The van der Waals surface area contributed by atoms with Gasteiger partial charge in [0.25, 0.3) is 0 Å². The molecule has 1 aromatic carbocycles. The first-order chi connectivity index (χ1) is 8.15. The summed E-state index contributed by atoms with van der Waals surface area (Å²) in [6.07, 6.45) is 2.43. The monoisotopic (exact) mass is 240 g/mol. The maximum Gasteiger partial charge on any atom is 0.238 e. The number of carbonyl (C=O) groups is 1. The number of halogens is 2. The van der Waals surface area contributed by atoms with E-state index in [1.54, 1.807) is 6.08 Å². The Balaban J connectivity index is 2.48. The van der Waals surface area contributed by atoms with Crippen molar-refractivity contribution in [3.8, 4) is 0 Å². The van der Waals surface area contributed by atoms with Gasteiger partial charge in [0.15, 0.2) is 0 Å². The molecule has 0 aliphatic heterocycles. The number of anilines is 1. The molecule has 0 unspecified atom stereocenters. The number of hydrogen-bond acceptors (Lipinski definition) is 2. The van der Waals surface area contributed by atoms with Gasteiger partial charge in [0.05, 0.1) is 6.54 Å². The van der Waals surface area contributed by atoms with E-state index >= 15 is 0 Å². The molecule has 92 valence electrons. The Kier molecular flexibility index (Phi) is 5.29. The van der Waals surface area contributed by atoms with Gasteiger partial charge in [-0.25, -0.2) is 8.78 Å². The van der Waals surface area contributed by atoms with Crippen LogP contribution in [0.1, 0.15) is 6.42 Å². The van der Waals surface area contributed by atoms with Gasteiger partial charge in [-0.05, 0) is 25.1 Å². The zero-order valence-corrected chi connectivity index (χ0v) is 9.30. The molecule has 0 radical (unpaired) electrons. The Bertz CT molecular complexity index is 387. The van der Waals surface area contributed by atoms with Gasteiger partial charge < -0.3 is 10.6 Å². The Morgan fingerprint density at radius 1 is 1.35 bits per heavy atom. The maximum absolute atomic E-state index is 13.2. The molecule has 0 saturated carbocycles. The SMILES string of the molecule is C=CCCNCC(=O)Nc1c(F)cccc1F. The Morgan fingerprint density at radius 3 is 2.59 bits per heavy atom. The third kappa shape index (κ3) is 4.32. The van der Waals surface area contributed by atoms with E-state index in [-0.39, 0.29) is 6.54 Å². The molecule has 1 aromatic rings. The molecular formula is C12H14F2N2O. The fourth-order valence-corrected chi connectivity index (χ4v) is 1.21. The number of rotatable bonds is 6. The van der Waals surface area contributed by atoms with E-state index < -0.39 is 23.2 Å². The second-order valence-electron chi connectivity index (χ2n) is 3.40. The van der Waals surface area contributed by atoms with Crippen LogP contribution < -0.4 is 10.6 Å². The van der Waals surface area contributed by atoms with Crippen LogP contribution in [0.2, 0.25) is 0 Å². The van der Waals surface area contributed by atoms with Crippen molar-refractivity contribution in [3.63, 3.8) is 0 Å². The van der Waals surface area contributed by atoms with E-state index in [0.717, 1.165) is 18.6 Å². The maximum atomic E-state index is 13.2. The minimum absolute atomic E-state index is 0.00160. The molecule has 3 nitrogen and oxygen atoms in total. The summed E-state index contributed by atoms with van der Waals surface area (Å²) in [6.45, 7) is 4.12. The summed E-state index contributed by atoms with van der Waals surface area (Å²) >= 11 is 0. The van der Waals surface area contributed by atoms with Gasteiger partial charge in [0.2, 0.25) is 5.91 Å². The molecule has 0 atom stereocenters. The standard InChI is InChI=1S/C12H14F2N2O/c1-2-3-7-15-8-11(17)16-12-9(13)5-4-6-10(12)14/h2,4-6,15H,1,3,7-8H2,(H,16,17). The minimum atomic E-state index is -0.788. The zero-order chi connectivity index (χ0) is 12.7. The van der Waals surface area contributed by atoms with Crippen LogP contribution in [-0.2, 0) is 4.79 Å². The lowest BCUT2D eigenvalue weighted by Crippen LogP contribution is -2.29. The van der Waals surface area contributed by atoms with Crippen molar-refractivity contribution in [3.05, 3.63) is 42.5 Å². The number of hydrogen-bond donors (Lipinski definition) is 2. The summed E-state index contributed by atoms with van der Waals surface area (Å²) in [4.78, 5) is 11.3. The van der Waals surface area contributed by atoms with Crippen molar-refractivity contribution < 1.29 is 13.6 Å². The highest BCUT2D eigenvalue weighted by Crippen LogP contribution is 2.17. The molecule has 1 amide bonds. The normalized spacial score (nSPS) is 10.0. The van der Waals surface area contributed by atoms with Crippen molar-refractivity contribution in [2.45, 2.75) is 6.42 Å². The van der Waals surface area contributed by atoms with Gasteiger partial charge in [0, 0.05) is 0 Å². The smallest absolute Gasteiger partial charge is 0.238 e. The quantitative estimate of drug-likeness (QED) is 0.590. The highest BCUT2D eigenvalue weighted by Gasteiger charge is 2.10. The number of carbonyl (C=O) groups excluding carboxylic acids is 1. The van der Waals surface area contributed by atoms with Crippen molar-refractivity contribution >= 4 is 11.6 Å². The number of nitrogens with one attached hydrogen (secondary N) is 2. The Morgan fingerprint density at radius 2 is 2.00 bits per heavy atom. The summed E-state index contributed by atoms with van der Waals surface area (Å²) < 4.78 is 26.3. The fraction of sp³-hybridized carbons (Fsp3) is 0.250. The molecular weight excluding hydrogens is 226 g/mol. The van der Waals surface area contributed by atoms with Crippen LogP contribution >= 0.6 is 0 Å². The van der Waals surface area contributed by atoms with Gasteiger partial charge in [-0.2, -0.15) is 0 Å². The van der Waals surface area contributed by atoms with Gasteiger partial charge in [-0.15, -0.1) is 6.58 Å². The van der Waals surface area contributed by atoms with E-state index in [0.29, 0.717) is 6.54 Å². The van der Waals surface area contributed by atoms with Gasteiger partial charge in [-0.1, -0.05) is 12.1 Å². The van der Waals surface area contributed by atoms with E-state index in [2.05, 4.69) is 17.2 Å². The number of amides is 1. The molecule has 0 saturated heterocycles. The van der Waals surface area contributed by atoms with Crippen LogP contribution in [0.25, 0.3) is 0 Å². The molecule has 2 N–H and O–H groups in total. The largest absolute Gasteiger partial charge is 0.320 e. The lowest BCUT2D eigenvalue weighted by atomic mass is 10.3. The van der Waals surface area contributed by atoms with Crippen LogP contribution in [0, 0.1) is 11.6 Å². The molecule has 17 heavy (non-hydrogen) atoms. The minimum Gasteiger partial charge on any atom is -0.320 e. The average molecular weight is 240 g/mol. The molecule has 5 heteroatoms. The van der Waals surface area contributed by atoms with Crippen molar-refractivity contribution in [1.29, 1.82) is 0 Å². The van der Waals surface area contributed by atoms with Gasteiger partial charge >= 0.3 is 0 Å². The average Bonchev–Trinajstić information content (AvgIpc) is 2.30. The topological polar surface area (TPSA) is 41.1 Å². The summed E-state index contributed by atoms with van der Waals surface area (Å²) in [5.74, 6) is -2.06. The molecule has 0 spiro atoms.